The molecule has 0 fully saturated rings. The number of hydrogen-bond acceptors (Lipinski definition) is 3. The first-order valence-electron chi connectivity index (χ1n) is 5.90. The number of halogens is 2. The highest BCUT2D eigenvalue weighted by Crippen LogP contribution is 2.19. The third-order valence-electron chi connectivity index (χ3n) is 2.44. The van der Waals surface area contributed by atoms with Gasteiger partial charge in [0.05, 0.1) is 0 Å². The number of amides is 1. The van der Waals surface area contributed by atoms with Crippen molar-refractivity contribution < 1.29 is 4.79 Å². The molecule has 104 valence electrons. The maximum absolute atomic E-state index is 11.6. The lowest BCUT2D eigenvalue weighted by molar-refractivity contribution is -0.116. The van der Waals surface area contributed by atoms with E-state index in [9.17, 15) is 4.79 Å². The molecule has 1 aromatic carbocycles. The minimum atomic E-state index is -0.194. The van der Waals surface area contributed by atoms with Crippen LogP contribution >= 0.6 is 23.2 Å². The van der Waals surface area contributed by atoms with E-state index < -0.39 is 0 Å². The number of nitrogens with one attached hydrogen (secondary N) is 2. The first-order chi connectivity index (χ1) is 9.63. The van der Waals surface area contributed by atoms with E-state index in [0.717, 1.165) is 11.4 Å². The van der Waals surface area contributed by atoms with Gasteiger partial charge in [0.25, 0.3) is 0 Å². The lowest BCUT2D eigenvalue weighted by Gasteiger charge is -2.00. The molecule has 1 aromatic heterocycles. The van der Waals surface area contributed by atoms with E-state index in [0.29, 0.717) is 23.0 Å². The molecule has 0 unspecified atom stereocenters. The summed E-state index contributed by atoms with van der Waals surface area (Å²) in [6.45, 7) is 0.481. The van der Waals surface area contributed by atoms with Gasteiger partial charge in [-0.1, -0.05) is 23.2 Å². The number of aromatic nitrogens is 3. The number of aromatic amines is 1. The molecule has 0 atom stereocenters. The molecular weight excluding hydrogens is 299 g/mol. The van der Waals surface area contributed by atoms with E-state index in [1.54, 1.807) is 24.3 Å². The van der Waals surface area contributed by atoms with E-state index in [-0.39, 0.29) is 5.91 Å². The van der Waals surface area contributed by atoms with E-state index in [1.165, 1.54) is 12.4 Å². The van der Waals surface area contributed by atoms with Crippen LogP contribution in [0.25, 0.3) is 6.08 Å². The second kappa shape index (κ2) is 7.07. The summed E-state index contributed by atoms with van der Waals surface area (Å²) in [6.07, 6.45) is 5.12. The van der Waals surface area contributed by atoms with Crippen LogP contribution in [0.15, 0.2) is 30.6 Å². The lowest BCUT2D eigenvalue weighted by Crippen LogP contribution is -2.23. The molecule has 20 heavy (non-hydrogen) atoms. The highest BCUT2D eigenvalue weighted by Gasteiger charge is 1.99. The summed E-state index contributed by atoms with van der Waals surface area (Å²) >= 11 is 11.7. The molecule has 0 aliphatic rings. The Balaban J connectivity index is 1.82. The number of carbonyl (C=O) groups is 1. The zero-order valence-corrected chi connectivity index (χ0v) is 11.9. The van der Waals surface area contributed by atoms with Gasteiger partial charge in [-0.05, 0) is 29.8 Å². The van der Waals surface area contributed by atoms with Gasteiger partial charge >= 0.3 is 0 Å². The SMILES string of the molecule is O=C(C=Cc1cc(Cl)cc(Cl)c1)NCCc1ncn[nH]1. The first kappa shape index (κ1) is 14.6. The predicted molar refractivity (Wildman–Crippen MR) is 78.6 cm³/mol. The zero-order valence-electron chi connectivity index (χ0n) is 10.4. The van der Waals surface area contributed by atoms with Crippen molar-refractivity contribution in [2.75, 3.05) is 6.54 Å². The summed E-state index contributed by atoms with van der Waals surface area (Å²) in [5.41, 5.74) is 0.771. The average Bonchev–Trinajstić information content (AvgIpc) is 2.88. The van der Waals surface area contributed by atoms with Crippen LogP contribution in [0.3, 0.4) is 0 Å². The Morgan fingerprint density at radius 3 is 2.70 bits per heavy atom. The van der Waals surface area contributed by atoms with Crippen molar-refractivity contribution in [2.24, 2.45) is 0 Å². The van der Waals surface area contributed by atoms with Gasteiger partial charge in [-0.15, -0.1) is 0 Å². The summed E-state index contributed by atoms with van der Waals surface area (Å²) < 4.78 is 0. The average molecular weight is 311 g/mol. The van der Waals surface area contributed by atoms with Gasteiger partial charge in [0.15, 0.2) is 0 Å². The molecule has 2 rings (SSSR count). The Morgan fingerprint density at radius 1 is 1.30 bits per heavy atom. The predicted octanol–water partition coefficient (Wildman–Crippen LogP) is 2.48. The smallest absolute Gasteiger partial charge is 0.244 e. The van der Waals surface area contributed by atoms with Gasteiger partial charge in [-0.3, -0.25) is 9.89 Å². The number of carbonyl (C=O) groups excluding carboxylic acids is 1. The van der Waals surface area contributed by atoms with Gasteiger partial charge in [0, 0.05) is 29.1 Å². The van der Waals surface area contributed by atoms with E-state index in [4.69, 9.17) is 23.2 Å². The summed E-state index contributed by atoms with van der Waals surface area (Å²) in [7, 11) is 0. The van der Waals surface area contributed by atoms with Crippen molar-refractivity contribution in [3.8, 4) is 0 Å². The summed E-state index contributed by atoms with van der Waals surface area (Å²) in [5, 5.41) is 10.2. The minimum Gasteiger partial charge on any atom is -0.352 e. The standard InChI is InChI=1S/C13H12Cl2N4O/c14-10-5-9(6-11(15)7-10)1-2-13(20)16-4-3-12-17-8-18-19-12/h1-2,5-8H,3-4H2,(H,16,20)(H,17,18,19). The maximum Gasteiger partial charge on any atom is 0.244 e. The third kappa shape index (κ3) is 4.68. The van der Waals surface area contributed by atoms with Gasteiger partial charge in [0.1, 0.15) is 12.2 Å². The van der Waals surface area contributed by atoms with Crippen molar-refractivity contribution in [1.29, 1.82) is 0 Å². The first-order valence-corrected chi connectivity index (χ1v) is 6.65. The number of hydrogen-bond donors (Lipinski definition) is 2. The summed E-state index contributed by atoms with van der Waals surface area (Å²) in [4.78, 5) is 15.6. The van der Waals surface area contributed by atoms with E-state index in [2.05, 4.69) is 20.5 Å². The molecule has 0 radical (unpaired) electrons. The molecule has 2 N–H and O–H groups in total. The van der Waals surface area contributed by atoms with E-state index in [1.807, 2.05) is 0 Å². The fraction of sp³-hybridized carbons (Fsp3) is 0.154. The highest BCUT2D eigenvalue weighted by atomic mass is 35.5. The van der Waals surface area contributed by atoms with Gasteiger partial charge in [0.2, 0.25) is 5.91 Å². The lowest BCUT2D eigenvalue weighted by atomic mass is 10.2. The molecular formula is C13H12Cl2N4O. The molecule has 1 heterocycles. The van der Waals surface area contributed by atoms with Crippen molar-refractivity contribution in [2.45, 2.75) is 6.42 Å². The van der Waals surface area contributed by atoms with Crippen molar-refractivity contribution in [1.82, 2.24) is 20.5 Å². The minimum absolute atomic E-state index is 0.194. The Kier molecular flexibility index (Phi) is 5.15. The van der Waals surface area contributed by atoms with Crippen LogP contribution in [0.5, 0.6) is 0 Å². The molecule has 5 nitrogen and oxygen atoms in total. The van der Waals surface area contributed by atoms with Crippen molar-refractivity contribution >= 4 is 35.2 Å². The Bertz CT molecular complexity index is 591. The molecule has 1 amide bonds. The fourth-order valence-electron chi connectivity index (χ4n) is 1.56. The summed E-state index contributed by atoms with van der Waals surface area (Å²) in [6, 6.07) is 5.09. The molecule has 0 saturated carbocycles. The number of rotatable bonds is 5. The Labute approximate surface area is 126 Å². The molecule has 7 heteroatoms. The van der Waals surface area contributed by atoms with Crippen LogP contribution in [0, 0.1) is 0 Å². The quantitative estimate of drug-likeness (QED) is 0.833. The number of H-pyrrole nitrogens is 1. The van der Waals surface area contributed by atoms with Gasteiger partial charge in [-0.2, -0.15) is 5.10 Å². The van der Waals surface area contributed by atoms with Crippen LogP contribution in [0.2, 0.25) is 10.0 Å². The van der Waals surface area contributed by atoms with Gasteiger partial charge in [-0.25, -0.2) is 4.98 Å². The van der Waals surface area contributed by atoms with Crippen LogP contribution in [0.1, 0.15) is 11.4 Å². The molecule has 0 aliphatic heterocycles. The van der Waals surface area contributed by atoms with Crippen LogP contribution in [0.4, 0.5) is 0 Å². The maximum atomic E-state index is 11.6. The number of nitrogens with zero attached hydrogens (tertiary/aromatic N) is 2. The monoisotopic (exact) mass is 310 g/mol. The molecule has 0 aliphatic carbocycles. The second-order valence-corrected chi connectivity index (χ2v) is 4.88. The largest absolute Gasteiger partial charge is 0.352 e. The fourth-order valence-corrected chi connectivity index (χ4v) is 2.10. The third-order valence-corrected chi connectivity index (χ3v) is 2.87. The van der Waals surface area contributed by atoms with Crippen molar-refractivity contribution in [3.63, 3.8) is 0 Å². The highest BCUT2D eigenvalue weighted by molar-refractivity contribution is 6.34. The van der Waals surface area contributed by atoms with Crippen LogP contribution in [-0.4, -0.2) is 27.6 Å². The topological polar surface area (TPSA) is 70.7 Å². The van der Waals surface area contributed by atoms with Crippen molar-refractivity contribution in [3.05, 3.63) is 52.0 Å². The normalized spacial score (nSPS) is 10.9. The number of benzene rings is 1. The second-order valence-electron chi connectivity index (χ2n) is 4.01. The Hall–Kier alpha value is -1.85. The molecule has 0 bridgehead atoms. The van der Waals surface area contributed by atoms with Crippen LogP contribution < -0.4 is 5.32 Å². The van der Waals surface area contributed by atoms with Crippen LogP contribution in [-0.2, 0) is 11.2 Å². The Morgan fingerprint density at radius 2 is 2.05 bits per heavy atom. The zero-order chi connectivity index (χ0) is 14.4. The molecule has 0 spiro atoms. The molecule has 2 aromatic rings. The summed E-state index contributed by atoms with van der Waals surface area (Å²) in [5.74, 6) is 0.538. The van der Waals surface area contributed by atoms with Gasteiger partial charge < -0.3 is 5.32 Å². The molecule has 0 saturated heterocycles. The van der Waals surface area contributed by atoms with E-state index >= 15 is 0 Å².